The molecule has 4 heteroatoms. The van der Waals surface area contributed by atoms with E-state index in [2.05, 4.69) is 12.2 Å². The van der Waals surface area contributed by atoms with Crippen molar-refractivity contribution in [2.45, 2.75) is 57.6 Å². The van der Waals surface area contributed by atoms with Gasteiger partial charge in [-0.2, -0.15) is 0 Å². The first-order chi connectivity index (χ1) is 10.1. The van der Waals surface area contributed by atoms with Crippen molar-refractivity contribution in [3.8, 4) is 0 Å². The Morgan fingerprint density at radius 3 is 2.67 bits per heavy atom. The molecule has 0 saturated heterocycles. The summed E-state index contributed by atoms with van der Waals surface area (Å²) in [6.07, 6.45) is 5.21. The summed E-state index contributed by atoms with van der Waals surface area (Å²) < 4.78 is 19.8. The van der Waals surface area contributed by atoms with Crippen LogP contribution in [0.4, 0.5) is 4.39 Å². The maximum absolute atomic E-state index is 13.7. The van der Waals surface area contributed by atoms with E-state index < -0.39 is 0 Å². The Labute approximate surface area is 132 Å². The van der Waals surface area contributed by atoms with E-state index in [1.807, 2.05) is 13.0 Å². The van der Waals surface area contributed by atoms with Crippen molar-refractivity contribution in [1.82, 2.24) is 5.32 Å². The molecule has 0 spiro atoms. The summed E-state index contributed by atoms with van der Waals surface area (Å²) in [5, 5.41) is 3.78. The van der Waals surface area contributed by atoms with Crippen LogP contribution >= 0.6 is 11.6 Å². The first-order valence-corrected chi connectivity index (χ1v) is 8.31. The minimum atomic E-state index is -0.346. The van der Waals surface area contributed by atoms with Gasteiger partial charge in [0.2, 0.25) is 0 Å². The highest BCUT2D eigenvalue weighted by molar-refractivity contribution is 6.31. The van der Waals surface area contributed by atoms with Crippen molar-refractivity contribution in [2.75, 3.05) is 13.2 Å². The lowest BCUT2D eigenvalue weighted by Crippen LogP contribution is -2.52. The van der Waals surface area contributed by atoms with Gasteiger partial charge >= 0.3 is 0 Å². The molecule has 21 heavy (non-hydrogen) atoms. The van der Waals surface area contributed by atoms with Gasteiger partial charge in [-0.3, -0.25) is 0 Å². The highest BCUT2D eigenvalue weighted by Crippen LogP contribution is 2.38. The molecule has 0 radical (unpaired) electrons. The van der Waals surface area contributed by atoms with Crippen molar-refractivity contribution in [3.05, 3.63) is 34.6 Å². The van der Waals surface area contributed by atoms with Crippen LogP contribution in [0.1, 0.15) is 45.1 Å². The summed E-state index contributed by atoms with van der Waals surface area (Å²) in [7, 11) is 0. The van der Waals surface area contributed by atoms with Crippen molar-refractivity contribution in [1.29, 1.82) is 0 Å². The van der Waals surface area contributed by atoms with Crippen LogP contribution in [0.15, 0.2) is 18.2 Å². The Balaban J connectivity index is 2.23. The van der Waals surface area contributed by atoms with Gasteiger partial charge in [-0.15, -0.1) is 0 Å². The van der Waals surface area contributed by atoms with Crippen molar-refractivity contribution in [2.24, 2.45) is 0 Å². The zero-order valence-corrected chi connectivity index (χ0v) is 13.7. The SMILES string of the molecule is CCNC(Cc1cccc(F)c1Cl)C1(OCC)CCCC1. The fraction of sp³-hybridized carbons (Fsp3) is 0.647. The fourth-order valence-electron chi connectivity index (χ4n) is 3.47. The summed E-state index contributed by atoms with van der Waals surface area (Å²) in [6, 6.07) is 5.21. The van der Waals surface area contributed by atoms with E-state index in [1.165, 1.54) is 18.9 Å². The molecular formula is C17H25ClFNO. The second kappa shape index (κ2) is 7.57. The van der Waals surface area contributed by atoms with Gasteiger partial charge in [-0.1, -0.05) is 43.5 Å². The van der Waals surface area contributed by atoms with Crippen LogP contribution in [0.3, 0.4) is 0 Å². The van der Waals surface area contributed by atoms with Crippen LogP contribution in [0.2, 0.25) is 5.02 Å². The Hall–Kier alpha value is -0.640. The second-order valence-electron chi connectivity index (χ2n) is 5.73. The van der Waals surface area contributed by atoms with E-state index in [9.17, 15) is 4.39 Å². The van der Waals surface area contributed by atoms with Crippen molar-refractivity contribution >= 4 is 11.6 Å². The summed E-state index contributed by atoms with van der Waals surface area (Å²) in [5.41, 5.74) is 0.717. The zero-order valence-electron chi connectivity index (χ0n) is 12.9. The molecule has 0 aliphatic heterocycles. The lowest BCUT2D eigenvalue weighted by atomic mass is 9.87. The molecule has 0 bridgehead atoms. The molecule has 0 heterocycles. The Bertz CT molecular complexity index is 460. The molecule has 1 aliphatic carbocycles. The maximum Gasteiger partial charge on any atom is 0.142 e. The standard InChI is InChI=1S/C17H25ClFNO/c1-3-20-15(17(21-4-2)10-5-6-11-17)12-13-8-7-9-14(19)16(13)18/h7-9,15,20H,3-6,10-12H2,1-2H3. The zero-order chi connectivity index (χ0) is 15.3. The molecule has 1 atom stereocenters. The van der Waals surface area contributed by atoms with Crippen LogP contribution in [-0.4, -0.2) is 24.8 Å². The first-order valence-electron chi connectivity index (χ1n) is 7.93. The van der Waals surface area contributed by atoms with Gasteiger partial charge in [-0.05, 0) is 44.4 Å². The number of nitrogens with one attached hydrogen (secondary N) is 1. The van der Waals surface area contributed by atoms with Gasteiger partial charge in [0, 0.05) is 12.6 Å². The number of likely N-dealkylation sites (N-methyl/N-ethyl adjacent to an activating group) is 1. The number of benzene rings is 1. The van der Waals surface area contributed by atoms with Gasteiger partial charge in [0.15, 0.2) is 0 Å². The third-order valence-electron chi connectivity index (χ3n) is 4.42. The van der Waals surface area contributed by atoms with Crippen LogP contribution in [0.25, 0.3) is 0 Å². The van der Waals surface area contributed by atoms with Gasteiger partial charge in [0.1, 0.15) is 5.82 Å². The smallest absolute Gasteiger partial charge is 0.142 e. The molecule has 2 rings (SSSR count). The molecule has 1 N–H and O–H groups in total. The molecule has 1 unspecified atom stereocenters. The highest BCUT2D eigenvalue weighted by atomic mass is 35.5. The molecular weight excluding hydrogens is 289 g/mol. The van der Waals surface area contributed by atoms with Crippen LogP contribution < -0.4 is 5.32 Å². The largest absolute Gasteiger partial charge is 0.374 e. The third kappa shape index (κ3) is 3.77. The predicted molar refractivity (Wildman–Crippen MR) is 85.4 cm³/mol. The van der Waals surface area contributed by atoms with Gasteiger partial charge in [0.05, 0.1) is 10.6 Å². The Kier molecular flexibility index (Phi) is 6.03. The molecule has 1 aromatic rings. The molecule has 1 fully saturated rings. The topological polar surface area (TPSA) is 21.3 Å². The highest BCUT2D eigenvalue weighted by Gasteiger charge is 2.41. The lowest BCUT2D eigenvalue weighted by Gasteiger charge is -2.38. The van der Waals surface area contributed by atoms with E-state index in [0.29, 0.717) is 13.0 Å². The molecule has 0 amide bonds. The molecule has 1 aliphatic rings. The second-order valence-corrected chi connectivity index (χ2v) is 6.11. The molecule has 1 aromatic carbocycles. The molecule has 1 saturated carbocycles. The number of ether oxygens (including phenoxy) is 1. The van der Waals surface area contributed by atoms with Gasteiger partial charge < -0.3 is 10.1 Å². The number of halogens is 2. The predicted octanol–water partition coefficient (Wildman–Crippen LogP) is 4.35. The molecule has 118 valence electrons. The van der Waals surface area contributed by atoms with Gasteiger partial charge in [0.25, 0.3) is 0 Å². The number of hydrogen-bond acceptors (Lipinski definition) is 2. The van der Waals surface area contributed by atoms with Crippen LogP contribution in [0, 0.1) is 5.82 Å². The summed E-state index contributed by atoms with van der Waals surface area (Å²) in [6.45, 7) is 5.71. The lowest BCUT2D eigenvalue weighted by molar-refractivity contribution is -0.0609. The average Bonchev–Trinajstić information content (AvgIpc) is 2.93. The maximum atomic E-state index is 13.7. The fourth-order valence-corrected chi connectivity index (χ4v) is 3.67. The van der Waals surface area contributed by atoms with E-state index >= 15 is 0 Å². The Morgan fingerprint density at radius 2 is 2.05 bits per heavy atom. The van der Waals surface area contributed by atoms with E-state index in [-0.39, 0.29) is 22.5 Å². The molecule has 0 aromatic heterocycles. The monoisotopic (exact) mass is 313 g/mol. The van der Waals surface area contributed by atoms with Crippen LogP contribution in [0.5, 0.6) is 0 Å². The first kappa shape index (κ1) is 16.7. The normalized spacial score (nSPS) is 18.9. The summed E-state index contributed by atoms with van der Waals surface area (Å²) in [5.74, 6) is -0.346. The van der Waals surface area contributed by atoms with Gasteiger partial charge in [-0.25, -0.2) is 4.39 Å². The van der Waals surface area contributed by atoms with E-state index in [1.54, 1.807) is 6.07 Å². The minimum absolute atomic E-state index is 0.138. The number of rotatable bonds is 7. The quantitative estimate of drug-likeness (QED) is 0.808. The minimum Gasteiger partial charge on any atom is -0.374 e. The average molecular weight is 314 g/mol. The third-order valence-corrected chi connectivity index (χ3v) is 4.85. The summed E-state index contributed by atoms with van der Waals surface area (Å²) >= 11 is 6.12. The van der Waals surface area contributed by atoms with E-state index in [4.69, 9.17) is 16.3 Å². The van der Waals surface area contributed by atoms with Crippen molar-refractivity contribution in [3.63, 3.8) is 0 Å². The number of hydrogen-bond donors (Lipinski definition) is 1. The Morgan fingerprint density at radius 1 is 1.33 bits per heavy atom. The van der Waals surface area contributed by atoms with Crippen LogP contribution in [-0.2, 0) is 11.2 Å². The summed E-state index contributed by atoms with van der Waals surface area (Å²) in [4.78, 5) is 0. The van der Waals surface area contributed by atoms with Crippen molar-refractivity contribution < 1.29 is 9.13 Å². The van der Waals surface area contributed by atoms with E-state index in [0.717, 1.165) is 24.9 Å². The molecule has 2 nitrogen and oxygen atoms in total.